The molecule has 0 radical (unpaired) electrons. The summed E-state index contributed by atoms with van der Waals surface area (Å²) in [5.41, 5.74) is 0. The lowest BCUT2D eigenvalue weighted by atomic mass is 10.3. The van der Waals surface area contributed by atoms with Gasteiger partial charge in [-0.25, -0.2) is 4.79 Å². The molecule has 0 aliphatic heterocycles. The van der Waals surface area contributed by atoms with E-state index in [1.807, 2.05) is 6.92 Å². The Kier molecular flexibility index (Phi) is 4.83. The Morgan fingerprint density at radius 2 is 2.38 bits per heavy atom. The summed E-state index contributed by atoms with van der Waals surface area (Å²) >= 11 is 6.81. The quantitative estimate of drug-likeness (QED) is 0.851. The normalized spacial score (nSPS) is 10.1. The van der Waals surface area contributed by atoms with Crippen LogP contribution in [0.5, 0.6) is 5.75 Å². The summed E-state index contributed by atoms with van der Waals surface area (Å²) in [5.74, 6) is -0.592. The third-order valence-corrected chi connectivity index (χ3v) is 3.10. The molecule has 1 rings (SSSR count). The van der Waals surface area contributed by atoms with Crippen molar-refractivity contribution in [2.45, 2.75) is 19.8 Å². The molecule has 0 aromatic carbocycles. The third kappa shape index (κ3) is 3.54. The maximum atomic E-state index is 11.0. The van der Waals surface area contributed by atoms with E-state index < -0.39 is 5.97 Å². The van der Waals surface area contributed by atoms with Crippen molar-refractivity contribution in [1.29, 1.82) is 0 Å². The molecule has 0 spiro atoms. The molecule has 0 saturated carbocycles. The maximum Gasteiger partial charge on any atom is 0.349 e. The number of ether oxygens (including phenoxy) is 1. The first-order valence-corrected chi connectivity index (χ1v) is 6.06. The molecule has 0 saturated heterocycles. The van der Waals surface area contributed by atoms with Crippen molar-refractivity contribution < 1.29 is 14.6 Å². The molecule has 88 valence electrons. The molecular formula is C11H13ClO3S. The average molecular weight is 261 g/mol. The predicted octanol–water partition coefficient (Wildman–Crippen LogP) is 3.53. The Morgan fingerprint density at radius 3 is 2.88 bits per heavy atom. The van der Waals surface area contributed by atoms with Gasteiger partial charge in [0.1, 0.15) is 12.4 Å². The smallest absolute Gasteiger partial charge is 0.349 e. The zero-order chi connectivity index (χ0) is 12.1. The highest BCUT2D eigenvalue weighted by Gasteiger charge is 2.16. The number of rotatable bonds is 6. The van der Waals surface area contributed by atoms with E-state index >= 15 is 0 Å². The fourth-order valence-corrected chi connectivity index (χ4v) is 2.30. The number of aromatic carboxylic acids is 1. The van der Waals surface area contributed by atoms with Crippen molar-refractivity contribution in [3.63, 3.8) is 0 Å². The van der Waals surface area contributed by atoms with Gasteiger partial charge in [-0.15, -0.1) is 11.3 Å². The SMILES string of the molecule is C=C(Cl)COc1cc(CCC)sc1C(=O)O. The van der Waals surface area contributed by atoms with E-state index in [1.165, 1.54) is 11.3 Å². The van der Waals surface area contributed by atoms with E-state index in [0.717, 1.165) is 17.7 Å². The molecule has 1 N–H and O–H groups in total. The highest BCUT2D eigenvalue weighted by atomic mass is 35.5. The first-order valence-electron chi connectivity index (χ1n) is 4.86. The minimum Gasteiger partial charge on any atom is -0.486 e. The molecule has 1 aromatic rings. The van der Waals surface area contributed by atoms with Crippen LogP contribution in [-0.4, -0.2) is 17.7 Å². The molecule has 0 bridgehead atoms. The lowest BCUT2D eigenvalue weighted by Crippen LogP contribution is -2.00. The predicted molar refractivity (Wildman–Crippen MR) is 65.8 cm³/mol. The Hall–Kier alpha value is -1.00. The summed E-state index contributed by atoms with van der Waals surface area (Å²) in [6, 6.07) is 1.76. The lowest BCUT2D eigenvalue weighted by Gasteiger charge is -2.02. The van der Waals surface area contributed by atoms with E-state index in [2.05, 4.69) is 6.58 Å². The van der Waals surface area contributed by atoms with E-state index in [4.69, 9.17) is 21.4 Å². The molecule has 1 heterocycles. The second-order valence-corrected chi connectivity index (χ2v) is 4.94. The minimum atomic E-state index is -0.970. The monoisotopic (exact) mass is 260 g/mol. The fourth-order valence-electron chi connectivity index (χ4n) is 1.20. The highest BCUT2D eigenvalue weighted by Crippen LogP contribution is 2.30. The van der Waals surface area contributed by atoms with Crippen LogP contribution in [0.2, 0.25) is 0 Å². The van der Waals surface area contributed by atoms with E-state index in [0.29, 0.717) is 10.8 Å². The summed E-state index contributed by atoms with van der Waals surface area (Å²) < 4.78 is 5.28. The first kappa shape index (κ1) is 13.1. The third-order valence-electron chi connectivity index (χ3n) is 1.82. The van der Waals surface area contributed by atoms with E-state index in [-0.39, 0.29) is 11.5 Å². The topological polar surface area (TPSA) is 46.5 Å². The van der Waals surface area contributed by atoms with Gasteiger partial charge in [0.25, 0.3) is 0 Å². The van der Waals surface area contributed by atoms with Crippen molar-refractivity contribution in [2.24, 2.45) is 0 Å². The molecular weight excluding hydrogens is 248 g/mol. The van der Waals surface area contributed by atoms with Crippen molar-refractivity contribution >= 4 is 28.9 Å². The van der Waals surface area contributed by atoms with Gasteiger partial charge in [-0.2, -0.15) is 0 Å². The number of halogens is 1. The molecule has 1 aromatic heterocycles. The molecule has 16 heavy (non-hydrogen) atoms. The van der Waals surface area contributed by atoms with Gasteiger partial charge in [0.05, 0.1) is 0 Å². The van der Waals surface area contributed by atoms with Crippen LogP contribution in [0.1, 0.15) is 27.9 Å². The van der Waals surface area contributed by atoms with Crippen LogP contribution < -0.4 is 4.74 Å². The first-order chi connectivity index (χ1) is 7.54. The number of thiophene rings is 1. The number of hydrogen-bond donors (Lipinski definition) is 1. The van der Waals surface area contributed by atoms with Gasteiger partial charge in [0.2, 0.25) is 0 Å². The largest absolute Gasteiger partial charge is 0.486 e. The summed E-state index contributed by atoms with van der Waals surface area (Å²) in [5, 5.41) is 9.33. The van der Waals surface area contributed by atoms with Gasteiger partial charge in [0, 0.05) is 9.91 Å². The summed E-state index contributed by atoms with van der Waals surface area (Å²) in [6.45, 7) is 5.66. The average Bonchev–Trinajstić information content (AvgIpc) is 2.59. The molecule has 0 amide bonds. The molecule has 0 fully saturated rings. The van der Waals surface area contributed by atoms with Crippen LogP contribution in [0.3, 0.4) is 0 Å². The summed E-state index contributed by atoms with van der Waals surface area (Å²) in [6.07, 6.45) is 1.83. The Morgan fingerprint density at radius 1 is 1.69 bits per heavy atom. The van der Waals surface area contributed by atoms with Crippen LogP contribution >= 0.6 is 22.9 Å². The molecule has 0 atom stereocenters. The fraction of sp³-hybridized carbons (Fsp3) is 0.364. The van der Waals surface area contributed by atoms with Crippen molar-refractivity contribution in [3.8, 4) is 5.75 Å². The standard InChI is InChI=1S/C11H13ClO3S/c1-3-4-8-5-9(15-6-7(2)12)10(16-8)11(13)14/h5H,2-4,6H2,1H3,(H,13,14). The van der Waals surface area contributed by atoms with Gasteiger partial charge in [-0.3, -0.25) is 0 Å². The zero-order valence-electron chi connectivity index (χ0n) is 8.96. The van der Waals surface area contributed by atoms with Gasteiger partial charge in [-0.05, 0) is 12.5 Å². The number of aryl methyl sites for hydroxylation is 1. The Labute approximate surface area is 103 Å². The minimum absolute atomic E-state index is 0.129. The second-order valence-electron chi connectivity index (χ2n) is 3.27. The Bertz CT molecular complexity index is 398. The second kappa shape index (κ2) is 5.92. The molecule has 3 nitrogen and oxygen atoms in total. The Balaban J connectivity index is 2.86. The number of hydrogen-bond acceptors (Lipinski definition) is 3. The van der Waals surface area contributed by atoms with Crippen LogP contribution in [0.15, 0.2) is 17.7 Å². The van der Waals surface area contributed by atoms with Crippen molar-refractivity contribution in [1.82, 2.24) is 0 Å². The lowest BCUT2D eigenvalue weighted by molar-refractivity contribution is 0.0698. The van der Waals surface area contributed by atoms with Crippen LogP contribution in [0, 0.1) is 0 Å². The maximum absolute atomic E-state index is 11.0. The summed E-state index contributed by atoms with van der Waals surface area (Å²) in [4.78, 5) is 12.2. The van der Waals surface area contributed by atoms with Crippen molar-refractivity contribution in [2.75, 3.05) is 6.61 Å². The molecule has 5 heteroatoms. The van der Waals surface area contributed by atoms with Gasteiger partial charge in [0.15, 0.2) is 4.88 Å². The van der Waals surface area contributed by atoms with Crippen molar-refractivity contribution in [3.05, 3.63) is 27.4 Å². The van der Waals surface area contributed by atoms with Crippen LogP contribution in [-0.2, 0) is 6.42 Å². The van der Waals surface area contributed by atoms with Gasteiger partial charge in [-0.1, -0.05) is 31.5 Å². The van der Waals surface area contributed by atoms with Crippen LogP contribution in [0.25, 0.3) is 0 Å². The van der Waals surface area contributed by atoms with Crippen LogP contribution in [0.4, 0.5) is 0 Å². The summed E-state index contributed by atoms with van der Waals surface area (Å²) in [7, 11) is 0. The van der Waals surface area contributed by atoms with Gasteiger partial charge < -0.3 is 9.84 Å². The number of carboxylic acids is 1. The molecule has 0 aliphatic rings. The number of carboxylic acid groups (broad SMARTS) is 1. The highest BCUT2D eigenvalue weighted by molar-refractivity contribution is 7.14. The molecule has 0 unspecified atom stereocenters. The van der Waals surface area contributed by atoms with E-state index in [9.17, 15) is 4.79 Å². The van der Waals surface area contributed by atoms with E-state index in [1.54, 1.807) is 6.07 Å². The molecule has 0 aliphatic carbocycles. The zero-order valence-corrected chi connectivity index (χ0v) is 10.5. The van der Waals surface area contributed by atoms with Gasteiger partial charge >= 0.3 is 5.97 Å². The number of carbonyl (C=O) groups is 1.